The van der Waals surface area contributed by atoms with Crippen LogP contribution in [0.2, 0.25) is 0 Å². The fourth-order valence-electron chi connectivity index (χ4n) is 1.59. The van der Waals surface area contributed by atoms with Gasteiger partial charge >= 0.3 is 0 Å². The standard InChI is InChI=1S/C14H12F2N2O2/c15-11-5-9(14(17)18)6-12(16)13(11)20-10-3-1-8(7-19)2-4-10/h1-6,19H,7H2,(H3,17,18). The van der Waals surface area contributed by atoms with Crippen LogP contribution in [0.25, 0.3) is 0 Å². The average Bonchev–Trinajstić information content (AvgIpc) is 2.43. The number of hydrogen-bond acceptors (Lipinski definition) is 3. The number of benzene rings is 2. The van der Waals surface area contributed by atoms with Gasteiger partial charge < -0.3 is 15.6 Å². The highest BCUT2D eigenvalue weighted by Gasteiger charge is 2.14. The van der Waals surface area contributed by atoms with E-state index < -0.39 is 23.2 Å². The Labute approximate surface area is 113 Å². The van der Waals surface area contributed by atoms with Crippen LogP contribution in [0.5, 0.6) is 11.5 Å². The minimum Gasteiger partial charge on any atom is -0.451 e. The quantitative estimate of drug-likeness (QED) is 0.594. The summed E-state index contributed by atoms with van der Waals surface area (Å²) >= 11 is 0. The van der Waals surface area contributed by atoms with Gasteiger partial charge in [-0.05, 0) is 29.8 Å². The normalized spacial score (nSPS) is 10.3. The average molecular weight is 278 g/mol. The minimum absolute atomic E-state index is 0.0528. The lowest BCUT2D eigenvalue weighted by atomic mass is 10.2. The topological polar surface area (TPSA) is 79.3 Å². The van der Waals surface area contributed by atoms with E-state index in [0.29, 0.717) is 5.56 Å². The highest BCUT2D eigenvalue weighted by molar-refractivity contribution is 5.95. The number of ether oxygens (including phenoxy) is 1. The third kappa shape index (κ3) is 2.92. The molecule has 0 heterocycles. The first-order valence-electron chi connectivity index (χ1n) is 5.72. The molecule has 0 aliphatic heterocycles. The first kappa shape index (κ1) is 14.0. The van der Waals surface area contributed by atoms with Crippen molar-refractivity contribution in [3.05, 3.63) is 59.2 Å². The summed E-state index contributed by atoms with van der Waals surface area (Å²) in [4.78, 5) is 0. The van der Waals surface area contributed by atoms with Gasteiger partial charge in [0, 0.05) is 5.56 Å². The van der Waals surface area contributed by atoms with Crippen molar-refractivity contribution in [2.24, 2.45) is 5.73 Å². The number of aliphatic hydroxyl groups is 1. The Kier molecular flexibility index (Phi) is 3.95. The molecule has 0 aliphatic carbocycles. The molecule has 0 atom stereocenters. The van der Waals surface area contributed by atoms with Crippen molar-refractivity contribution in [2.75, 3.05) is 0 Å². The molecule has 20 heavy (non-hydrogen) atoms. The molecule has 104 valence electrons. The highest BCUT2D eigenvalue weighted by Crippen LogP contribution is 2.28. The zero-order valence-electron chi connectivity index (χ0n) is 10.4. The molecule has 2 rings (SSSR count). The molecular weight excluding hydrogens is 266 g/mol. The number of nitrogens with one attached hydrogen (secondary N) is 1. The van der Waals surface area contributed by atoms with Crippen LogP contribution in [-0.2, 0) is 6.61 Å². The van der Waals surface area contributed by atoms with Gasteiger partial charge in [0.1, 0.15) is 11.6 Å². The Morgan fingerprint density at radius 1 is 1.15 bits per heavy atom. The number of halogens is 2. The van der Waals surface area contributed by atoms with Gasteiger partial charge in [0.05, 0.1) is 6.61 Å². The monoisotopic (exact) mass is 278 g/mol. The van der Waals surface area contributed by atoms with Crippen LogP contribution in [0.1, 0.15) is 11.1 Å². The number of aliphatic hydroxyl groups excluding tert-OH is 1. The molecule has 2 aromatic carbocycles. The van der Waals surface area contributed by atoms with Gasteiger partial charge in [-0.2, -0.15) is 0 Å². The number of amidine groups is 1. The molecule has 0 unspecified atom stereocenters. The van der Waals surface area contributed by atoms with E-state index in [2.05, 4.69) is 0 Å². The second kappa shape index (κ2) is 5.66. The molecular formula is C14H12F2N2O2. The summed E-state index contributed by atoms with van der Waals surface area (Å²) in [5.74, 6) is -2.65. The van der Waals surface area contributed by atoms with Crippen LogP contribution in [0.4, 0.5) is 8.78 Å². The van der Waals surface area contributed by atoms with Gasteiger partial charge in [-0.3, -0.25) is 5.41 Å². The molecule has 0 saturated carbocycles. The lowest BCUT2D eigenvalue weighted by molar-refractivity contribution is 0.281. The largest absolute Gasteiger partial charge is 0.451 e. The summed E-state index contributed by atoms with van der Waals surface area (Å²) in [7, 11) is 0. The molecule has 0 saturated heterocycles. The predicted molar refractivity (Wildman–Crippen MR) is 69.8 cm³/mol. The molecule has 6 heteroatoms. The van der Waals surface area contributed by atoms with Gasteiger partial charge in [0.2, 0.25) is 0 Å². The van der Waals surface area contributed by atoms with Crippen LogP contribution >= 0.6 is 0 Å². The molecule has 4 nitrogen and oxygen atoms in total. The van der Waals surface area contributed by atoms with Gasteiger partial charge in [0.15, 0.2) is 17.4 Å². The number of hydrogen-bond donors (Lipinski definition) is 3. The fraction of sp³-hybridized carbons (Fsp3) is 0.0714. The molecule has 0 spiro atoms. The highest BCUT2D eigenvalue weighted by atomic mass is 19.1. The first-order valence-corrected chi connectivity index (χ1v) is 5.72. The molecule has 0 amide bonds. The number of nitrogens with two attached hydrogens (primary N) is 1. The van der Waals surface area contributed by atoms with Crippen molar-refractivity contribution >= 4 is 5.84 Å². The van der Waals surface area contributed by atoms with Crippen molar-refractivity contribution in [1.82, 2.24) is 0 Å². The Morgan fingerprint density at radius 3 is 2.15 bits per heavy atom. The van der Waals surface area contributed by atoms with E-state index in [1.807, 2.05) is 0 Å². The molecule has 0 aliphatic rings. The summed E-state index contributed by atoms with van der Waals surface area (Å²) in [6.45, 7) is -0.129. The summed E-state index contributed by atoms with van der Waals surface area (Å²) in [5, 5.41) is 16.0. The Balaban J connectivity index is 2.30. The zero-order valence-corrected chi connectivity index (χ0v) is 10.4. The van der Waals surface area contributed by atoms with Gasteiger partial charge in [0.25, 0.3) is 0 Å². The fourth-order valence-corrected chi connectivity index (χ4v) is 1.59. The third-order valence-corrected chi connectivity index (χ3v) is 2.64. The van der Waals surface area contributed by atoms with E-state index >= 15 is 0 Å². The maximum absolute atomic E-state index is 13.7. The first-order chi connectivity index (χ1) is 9.51. The van der Waals surface area contributed by atoms with Crippen LogP contribution in [0.3, 0.4) is 0 Å². The molecule has 4 N–H and O–H groups in total. The molecule has 0 bridgehead atoms. The lowest BCUT2D eigenvalue weighted by Crippen LogP contribution is -2.12. The maximum atomic E-state index is 13.7. The molecule has 2 aromatic rings. The summed E-state index contributed by atoms with van der Waals surface area (Å²) < 4.78 is 32.6. The molecule has 0 radical (unpaired) electrons. The third-order valence-electron chi connectivity index (χ3n) is 2.64. The zero-order chi connectivity index (χ0) is 14.7. The van der Waals surface area contributed by atoms with Crippen molar-refractivity contribution in [3.63, 3.8) is 0 Å². The summed E-state index contributed by atoms with van der Waals surface area (Å²) in [5.41, 5.74) is 5.78. The van der Waals surface area contributed by atoms with Crippen LogP contribution in [-0.4, -0.2) is 10.9 Å². The Bertz CT molecular complexity index is 619. The van der Waals surface area contributed by atoms with E-state index in [0.717, 1.165) is 12.1 Å². The smallest absolute Gasteiger partial charge is 0.198 e. The van der Waals surface area contributed by atoms with Gasteiger partial charge in [-0.25, -0.2) is 8.78 Å². The summed E-state index contributed by atoms with van der Waals surface area (Å²) in [6.07, 6.45) is 0. The van der Waals surface area contributed by atoms with Gasteiger partial charge in [-0.1, -0.05) is 12.1 Å². The van der Waals surface area contributed by atoms with Crippen molar-refractivity contribution in [2.45, 2.75) is 6.61 Å². The number of rotatable bonds is 4. The maximum Gasteiger partial charge on any atom is 0.198 e. The second-order valence-corrected chi connectivity index (χ2v) is 4.09. The van der Waals surface area contributed by atoms with Crippen molar-refractivity contribution in [1.29, 1.82) is 5.41 Å². The lowest BCUT2D eigenvalue weighted by Gasteiger charge is -2.09. The minimum atomic E-state index is -0.943. The van der Waals surface area contributed by atoms with Crippen molar-refractivity contribution in [3.8, 4) is 11.5 Å². The second-order valence-electron chi connectivity index (χ2n) is 4.09. The van der Waals surface area contributed by atoms with Gasteiger partial charge in [-0.15, -0.1) is 0 Å². The SMILES string of the molecule is N=C(N)c1cc(F)c(Oc2ccc(CO)cc2)c(F)c1. The number of nitrogen functional groups attached to an aromatic ring is 1. The summed E-state index contributed by atoms with van der Waals surface area (Å²) in [6, 6.07) is 8.00. The van der Waals surface area contributed by atoms with Crippen LogP contribution in [0.15, 0.2) is 36.4 Å². The van der Waals surface area contributed by atoms with Crippen LogP contribution in [0, 0.1) is 17.0 Å². The van der Waals surface area contributed by atoms with E-state index in [1.54, 1.807) is 12.1 Å². The van der Waals surface area contributed by atoms with E-state index in [1.165, 1.54) is 12.1 Å². The molecule has 0 fully saturated rings. The van der Waals surface area contributed by atoms with Crippen LogP contribution < -0.4 is 10.5 Å². The van der Waals surface area contributed by atoms with Crippen molar-refractivity contribution < 1.29 is 18.6 Å². The molecule has 0 aromatic heterocycles. The Hall–Kier alpha value is -2.47. The predicted octanol–water partition coefficient (Wildman–Crippen LogP) is 2.53. The Morgan fingerprint density at radius 2 is 1.70 bits per heavy atom. The van der Waals surface area contributed by atoms with E-state index in [9.17, 15) is 8.78 Å². The van der Waals surface area contributed by atoms with E-state index in [4.69, 9.17) is 21.0 Å². The van der Waals surface area contributed by atoms with E-state index in [-0.39, 0.29) is 17.9 Å².